The third-order valence-electron chi connectivity index (χ3n) is 4.00. The molecular weight excluding hydrogens is 303 g/mol. The molecule has 2 heterocycles. The highest BCUT2D eigenvalue weighted by atomic mass is 19.4. The van der Waals surface area contributed by atoms with Gasteiger partial charge in [-0.15, -0.1) is 0 Å². The van der Waals surface area contributed by atoms with Crippen LogP contribution in [0.5, 0.6) is 0 Å². The van der Waals surface area contributed by atoms with E-state index in [2.05, 4.69) is 15.3 Å². The summed E-state index contributed by atoms with van der Waals surface area (Å²) < 4.78 is 39.1. The molecule has 0 radical (unpaired) electrons. The summed E-state index contributed by atoms with van der Waals surface area (Å²) in [5, 5.41) is 4.03. The topological polar surface area (TPSA) is 40.7 Å². The second-order valence-electron chi connectivity index (χ2n) is 5.47. The summed E-state index contributed by atoms with van der Waals surface area (Å²) in [5.41, 5.74) is 2.51. The first-order valence-corrected chi connectivity index (χ1v) is 7.21. The molecular formula is C17H16F3N3. The van der Waals surface area contributed by atoms with Crippen molar-refractivity contribution in [2.45, 2.75) is 26.6 Å². The number of hydrogen-bond donors (Lipinski definition) is 2. The summed E-state index contributed by atoms with van der Waals surface area (Å²) in [7, 11) is 0. The van der Waals surface area contributed by atoms with Crippen molar-refractivity contribution in [2.75, 3.05) is 5.32 Å². The molecule has 0 aliphatic heterocycles. The van der Waals surface area contributed by atoms with Crippen molar-refractivity contribution in [3.63, 3.8) is 0 Å². The number of halogens is 3. The molecule has 0 amide bonds. The lowest BCUT2D eigenvalue weighted by Gasteiger charge is -2.13. The fourth-order valence-corrected chi connectivity index (χ4v) is 2.65. The van der Waals surface area contributed by atoms with Gasteiger partial charge in [0.05, 0.1) is 11.1 Å². The number of aryl methyl sites for hydroxylation is 2. The molecule has 1 aromatic carbocycles. The number of benzene rings is 1. The van der Waals surface area contributed by atoms with Gasteiger partial charge in [-0.3, -0.25) is 0 Å². The zero-order valence-corrected chi connectivity index (χ0v) is 12.8. The molecule has 3 nitrogen and oxygen atoms in total. The lowest BCUT2D eigenvalue weighted by molar-refractivity contribution is -0.138. The number of aromatic amines is 1. The van der Waals surface area contributed by atoms with Crippen LogP contribution >= 0.6 is 0 Å². The number of fused-ring (bicyclic) bond motifs is 1. The standard InChI is InChI=1S/C17H16F3N3/c1-10-11(2)23-15-13(10)7-8-21-16(15)22-9-12-5-3-4-6-14(12)17(18,19)20/h3-8,23H,9H2,1-2H3,(H,21,22). The van der Waals surface area contributed by atoms with Gasteiger partial charge in [0.25, 0.3) is 0 Å². The predicted molar refractivity (Wildman–Crippen MR) is 84.3 cm³/mol. The minimum Gasteiger partial charge on any atom is -0.364 e. The fraction of sp³-hybridized carbons (Fsp3) is 0.235. The molecule has 3 rings (SSSR count). The lowest BCUT2D eigenvalue weighted by atomic mass is 10.1. The molecule has 0 saturated carbocycles. The minimum atomic E-state index is -4.36. The minimum absolute atomic E-state index is 0.0545. The summed E-state index contributed by atoms with van der Waals surface area (Å²) >= 11 is 0. The number of alkyl halides is 3. The van der Waals surface area contributed by atoms with Crippen LogP contribution < -0.4 is 5.32 Å². The lowest BCUT2D eigenvalue weighted by Crippen LogP contribution is -2.12. The van der Waals surface area contributed by atoms with Gasteiger partial charge in [-0.2, -0.15) is 13.2 Å². The number of pyridine rings is 1. The Morgan fingerprint density at radius 1 is 1.13 bits per heavy atom. The molecule has 2 N–H and O–H groups in total. The van der Waals surface area contributed by atoms with Gasteiger partial charge in [0, 0.05) is 23.8 Å². The molecule has 0 aliphatic rings. The first kappa shape index (κ1) is 15.4. The number of nitrogens with zero attached hydrogens (tertiary/aromatic N) is 1. The second kappa shape index (κ2) is 5.61. The summed E-state index contributed by atoms with van der Waals surface area (Å²) in [5.74, 6) is 0.552. The largest absolute Gasteiger partial charge is 0.416 e. The highest BCUT2D eigenvalue weighted by molar-refractivity contribution is 5.92. The van der Waals surface area contributed by atoms with E-state index in [1.165, 1.54) is 12.1 Å². The second-order valence-corrected chi connectivity index (χ2v) is 5.47. The average Bonchev–Trinajstić information content (AvgIpc) is 2.80. The summed E-state index contributed by atoms with van der Waals surface area (Å²) in [6.07, 6.45) is -2.71. The highest BCUT2D eigenvalue weighted by Crippen LogP contribution is 2.32. The van der Waals surface area contributed by atoms with Gasteiger partial charge in [-0.05, 0) is 37.1 Å². The van der Waals surface area contributed by atoms with Gasteiger partial charge in [0.2, 0.25) is 0 Å². The van der Waals surface area contributed by atoms with E-state index in [4.69, 9.17) is 0 Å². The molecule has 0 aliphatic carbocycles. The van der Waals surface area contributed by atoms with Crippen LogP contribution in [0.15, 0.2) is 36.5 Å². The maximum atomic E-state index is 13.0. The van der Waals surface area contributed by atoms with Crippen LogP contribution in [-0.4, -0.2) is 9.97 Å². The van der Waals surface area contributed by atoms with Crippen molar-refractivity contribution < 1.29 is 13.2 Å². The fourth-order valence-electron chi connectivity index (χ4n) is 2.65. The zero-order chi connectivity index (χ0) is 16.6. The quantitative estimate of drug-likeness (QED) is 0.727. The molecule has 2 aromatic heterocycles. The Morgan fingerprint density at radius 3 is 2.61 bits per heavy atom. The Labute approximate surface area is 131 Å². The van der Waals surface area contributed by atoms with Crippen LogP contribution in [0.2, 0.25) is 0 Å². The summed E-state index contributed by atoms with van der Waals surface area (Å²) in [6, 6.07) is 7.45. The third kappa shape index (κ3) is 2.88. The van der Waals surface area contributed by atoms with E-state index in [0.717, 1.165) is 28.2 Å². The Hall–Kier alpha value is -2.50. The number of H-pyrrole nitrogens is 1. The van der Waals surface area contributed by atoms with Crippen LogP contribution in [0.4, 0.5) is 19.0 Å². The van der Waals surface area contributed by atoms with Crippen molar-refractivity contribution >= 4 is 16.7 Å². The average molecular weight is 319 g/mol. The van der Waals surface area contributed by atoms with Gasteiger partial charge >= 0.3 is 6.18 Å². The number of hydrogen-bond acceptors (Lipinski definition) is 2. The third-order valence-corrected chi connectivity index (χ3v) is 4.00. The van der Waals surface area contributed by atoms with Gasteiger partial charge in [-0.1, -0.05) is 18.2 Å². The summed E-state index contributed by atoms with van der Waals surface area (Å²) in [4.78, 5) is 7.47. The molecule has 0 fully saturated rings. The monoisotopic (exact) mass is 319 g/mol. The summed E-state index contributed by atoms with van der Waals surface area (Å²) in [6.45, 7) is 4.01. The van der Waals surface area contributed by atoms with Gasteiger partial charge in [0.1, 0.15) is 0 Å². The number of rotatable bonds is 3. The Kier molecular flexibility index (Phi) is 3.75. The SMILES string of the molecule is Cc1[nH]c2c(NCc3ccccc3C(F)(F)F)nccc2c1C. The van der Waals surface area contributed by atoms with Crippen LogP contribution in [-0.2, 0) is 12.7 Å². The van der Waals surface area contributed by atoms with Crippen molar-refractivity contribution in [3.8, 4) is 0 Å². The van der Waals surface area contributed by atoms with Crippen LogP contribution in [0.1, 0.15) is 22.4 Å². The van der Waals surface area contributed by atoms with Crippen molar-refractivity contribution in [1.29, 1.82) is 0 Å². The molecule has 23 heavy (non-hydrogen) atoms. The maximum absolute atomic E-state index is 13.0. The number of nitrogens with one attached hydrogen (secondary N) is 2. The smallest absolute Gasteiger partial charge is 0.364 e. The van der Waals surface area contributed by atoms with E-state index in [9.17, 15) is 13.2 Å². The number of aromatic nitrogens is 2. The maximum Gasteiger partial charge on any atom is 0.416 e. The highest BCUT2D eigenvalue weighted by Gasteiger charge is 2.32. The van der Waals surface area contributed by atoms with Crippen LogP contribution in [0.25, 0.3) is 10.9 Å². The van der Waals surface area contributed by atoms with E-state index in [1.807, 2.05) is 19.9 Å². The first-order valence-electron chi connectivity index (χ1n) is 7.21. The Balaban J connectivity index is 1.92. The van der Waals surface area contributed by atoms with Crippen molar-refractivity contribution in [2.24, 2.45) is 0 Å². The molecule has 0 saturated heterocycles. The molecule has 0 spiro atoms. The molecule has 6 heteroatoms. The number of anilines is 1. The van der Waals surface area contributed by atoms with E-state index in [-0.39, 0.29) is 12.1 Å². The van der Waals surface area contributed by atoms with Crippen LogP contribution in [0, 0.1) is 13.8 Å². The zero-order valence-electron chi connectivity index (χ0n) is 12.8. The molecule has 0 unspecified atom stereocenters. The van der Waals surface area contributed by atoms with Gasteiger partial charge in [-0.25, -0.2) is 4.98 Å². The molecule has 0 bridgehead atoms. The van der Waals surface area contributed by atoms with Gasteiger partial charge in [0.15, 0.2) is 5.82 Å². The van der Waals surface area contributed by atoms with E-state index >= 15 is 0 Å². The van der Waals surface area contributed by atoms with Crippen molar-refractivity contribution in [1.82, 2.24) is 9.97 Å². The van der Waals surface area contributed by atoms with E-state index in [1.54, 1.807) is 12.3 Å². The van der Waals surface area contributed by atoms with Gasteiger partial charge < -0.3 is 10.3 Å². The molecule has 120 valence electrons. The van der Waals surface area contributed by atoms with E-state index in [0.29, 0.717) is 5.82 Å². The Morgan fingerprint density at radius 2 is 1.87 bits per heavy atom. The normalized spacial score (nSPS) is 11.9. The predicted octanol–water partition coefficient (Wildman–Crippen LogP) is 4.81. The molecule has 3 aromatic rings. The van der Waals surface area contributed by atoms with E-state index < -0.39 is 11.7 Å². The van der Waals surface area contributed by atoms with Crippen LogP contribution in [0.3, 0.4) is 0 Å². The first-order chi connectivity index (χ1) is 10.9. The molecule has 0 atom stereocenters. The Bertz CT molecular complexity index is 850. The van der Waals surface area contributed by atoms with Crippen molar-refractivity contribution in [3.05, 3.63) is 58.9 Å².